The Labute approximate surface area is 75.7 Å². The first-order chi connectivity index (χ1) is 6.00. The summed E-state index contributed by atoms with van der Waals surface area (Å²) >= 11 is 0. The third-order valence-electron chi connectivity index (χ3n) is 1.95. The fraction of sp³-hybridized carbons (Fsp3) is 0.500. The van der Waals surface area contributed by atoms with Crippen molar-refractivity contribution in [1.29, 1.82) is 0 Å². The second-order valence-corrected chi connectivity index (χ2v) is 3.09. The van der Waals surface area contributed by atoms with Gasteiger partial charge in [-0.3, -0.25) is 0 Å². The summed E-state index contributed by atoms with van der Waals surface area (Å²) in [5.74, 6) is 0. The fourth-order valence-electron chi connectivity index (χ4n) is 1.23. The van der Waals surface area contributed by atoms with Crippen LogP contribution in [0.15, 0.2) is 30.4 Å². The maximum Gasteiger partial charge on any atom is -0.0245 e. The highest BCUT2D eigenvalue weighted by Crippen LogP contribution is 2.04. The van der Waals surface area contributed by atoms with Gasteiger partial charge in [0.1, 0.15) is 0 Å². The number of rotatable bonds is 0. The van der Waals surface area contributed by atoms with E-state index in [4.69, 9.17) is 0 Å². The van der Waals surface area contributed by atoms with Gasteiger partial charge in [0.2, 0.25) is 0 Å². The topological polar surface area (TPSA) is 0 Å². The molecule has 1 aliphatic rings. The third-order valence-corrected chi connectivity index (χ3v) is 1.95. The Morgan fingerprint density at radius 2 is 1.58 bits per heavy atom. The van der Waals surface area contributed by atoms with Crippen molar-refractivity contribution in [2.24, 2.45) is 0 Å². The van der Waals surface area contributed by atoms with Gasteiger partial charge in [0.05, 0.1) is 0 Å². The second kappa shape index (κ2) is 6.90. The summed E-state index contributed by atoms with van der Waals surface area (Å²) in [7, 11) is 0. The summed E-state index contributed by atoms with van der Waals surface area (Å²) in [6.07, 6.45) is 21.5. The first kappa shape index (κ1) is 9.31. The molecule has 0 N–H and O–H groups in total. The van der Waals surface area contributed by atoms with Crippen LogP contribution in [0.1, 0.15) is 38.5 Å². The minimum Gasteiger partial charge on any atom is -0.0845 e. The van der Waals surface area contributed by atoms with Crippen LogP contribution in [0.2, 0.25) is 0 Å². The van der Waals surface area contributed by atoms with Gasteiger partial charge in [-0.15, -0.1) is 0 Å². The van der Waals surface area contributed by atoms with E-state index in [9.17, 15) is 0 Å². The van der Waals surface area contributed by atoms with Crippen molar-refractivity contribution in [3.63, 3.8) is 0 Å². The summed E-state index contributed by atoms with van der Waals surface area (Å²) in [5.41, 5.74) is 0. The zero-order valence-electron chi connectivity index (χ0n) is 7.63. The SMILES string of the molecule is [C]1=CCCCCC=CC=CCC1. The average Bonchev–Trinajstić information content (AvgIpc) is 2.05. The highest BCUT2D eigenvalue weighted by molar-refractivity contribution is 5.02. The first-order valence-electron chi connectivity index (χ1n) is 4.87. The molecule has 0 aromatic heterocycles. The number of hydrogen-bond donors (Lipinski definition) is 0. The van der Waals surface area contributed by atoms with E-state index in [0.717, 1.165) is 12.8 Å². The summed E-state index contributed by atoms with van der Waals surface area (Å²) in [6.45, 7) is 0. The lowest BCUT2D eigenvalue weighted by Crippen LogP contribution is -1.74. The molecule has 12 heavy (non-hydrogen) atoms. The summed E-state index contributed by atoms with van der Waals surface area (Å²) in [5, 5.41) is 0. The molecule has 0 spiro atoms. The number of hydrogen-bond acceptors (Lipinski definition) is 0. The van der Waals surface area contributed by atoms with E-state index < -0.39 is 0 Å². The van der Waals surface area contributed by atoms with Gasteiger partial charge < -0.3 is 0 Å². The van der Waals surface area contributed by atoms with Gasteiger partial charge in [-0.1, -0.05) is 30.4 Å². The zero-order valence-corrected chi connectivity index (χ0v) is 7.63. The highest BCUT2D eigenvalue weighted by atomic mass is 13.9. The van der Waals surface area contributed by atoms with Gasteiger partial charge in [0.25, 0.3) is 0 Å². The van der Waals surface area contributed by atoms with E-state index in [1.165, 1.54) is 25.7 Å². The van der Waals surface area contributed by atoms with Gasteiger partial charge in [-0.25, -0.2) is 0 Å². The van der Waals surface area contributed by atoms with E-state index in [0.29, 0.717) is 0 Å². The lowest BCUT2D eigenvalue weighted by molar-refractivity contribution is 0.758. The molecular formula is C12H17. The number of allylic oxidation sites excluding steroid dienone is 6. The molecule has 1 radical (unpaired) electrons. The smallest absolute Gasteiger partial charge is 0.0245 e. The molecule has 0 aromatic carbocycles. The predicted octanol–water partition coefficient (Wildman–Crippen LogP) is 3.81. The molecule has 1 rings (SSSR count). The van der Waals surface area contributed by atoms with Crippen LogP contribution in [0.5, 0.6) is 0 Å². The Balaban J connectivity index is 2.31. The Kier molecular flexibility index (Phi) is 5.35. The lowest BCUT2D eigenvalue weighted by atomic mass is 10.1. The average molecular weight is 161 g/mol. The molecule has 0 saturated heterocycles. The fourth-order valence-corrected chi connectivity index (χ4v) is 1.23. The van der Waals surface area contributed by atoms with E-state index in [2.05, 4.69) is 36.5 Å². The Hall–Kier alpha value is -0.780. The minimum atomic E-state index is 1.07. The van der Waals surface area contributed by atoms with Crippen LogP contribution in [0, 0.1) is 6.08 Å². The van der Waals surface area contributed by atoms with Crippen LogP contribution in [0.25, 0.3) is 0 Å². The van der Waals surface area contributed by atoms with Crippen molar-refractivity contribution in [3.05, 3.63) is 36.5 Å². The van der Waals surface area contributed by atoms with Crippen molar-refractivity contribution in [2.75, 3.05) is 0 Å². The zero-order chi connectivity index (χ0) is 8.49. The van der Waals surface area contributed by atoms with Crippen molar-refractivity contribution in [3.8, 4) is 0 Å². The van der Waals surface area contributed by atoms with E-state index in [-0.39, 0.29) is 0 Å². The Bertz CT molecular complexity index is 172. The molecular weight excluding hydrogens is 144 g/mol. The maximum absolute atomic E-state index is 3.30. The summed E-state index contributed by atoms with van der Waals surface area (Å²) in [6, 6.07) is 0. The summed E-state index contributed by atoms with van der Waals surface area (Å²) in [4.78, 5) is 0. The molecule has 0 nitrogen and oxygen atoms in total. The molecule has 0 aromatic rings. The van der Waals surface area contributed by atoms with Gasteiger partial charge in [0.15, 0.2) is 0 Å². The monoisotopic (exact) mass is 161 g/mol. The van der Waals surface area contributed by atoms with Crippen molar-refractivity contribution < 1.29 is 0 Å². The van der Waals surface area contributed by atoms with Crippen LogP contribution >= 0.6 is 0 Å². The van der Waals surface area contributed by atoms with Crippen molar-refractivity contribution in [1.82, 2.24) is 0 Å². The first-order valence-corrected chi connectivity index (χ1v) is 4.87. The highest BCUT2D eigenvalue weighted by Gasteiger charge is 1.84. The molecule has 65 valence electrons. The maximum atomic E-state index is 3.30. The third kappa shape index (κ3) is 4.95. The quantitative estimate of drug-likeness (QED) is 0.506. The standard InChI is InChI=1S/C12H17/c1-2-4-6-8-10-12-11-9-7-5-3-1/h1-4,12H,5-9,11H2. The van der Waals surface area contributed by atoms with Crippen molar-refractivity contribution >= 4 is 0 Å². The van der Waals surface area contributed by atoms with Gasteiger partial charge in [0, 0.05) is 0 Å². The van der Waals surface area contributed by atoms with Gasteiger partial charge in [-0.05, 0) is 44.6 Å². The molecule has 0 unspecified atom stereocenters. The van der Waals surface area contributed by atoms with Crippen LogP contribution in [-0.2, 0) is 0 Å². The molecule has 0 aliphatic heterocycles. The normalized spacial score (nSPS) is 20.0. The van der Waals surface area contributed by atoms with Gasteiger partial charge >= 0.3 is 0 Å². The van der Waals surface area contributed by atoms with Gasteiger partial charge in [-0.2, -0.15) is 0 Å². The van der Waals surface area contributed by atoms with E-state index >= 15 is 0 Å². The largest absolute Gasteiger partial charge is 0.0845 e. The van der Waals surface area contributed by atoms with Crippen LogP contribution in [0.3, 0.4) is 0 Å². The molecule has 0 heteroatoms. The summed E-state index contributed by atoms with van der Waals surface area (Å²) < 4.78 is 0. The Morgan fingerprint density at radius 3 is 2.50 bits per heavy atom. The minimum absolute atomic E-state index is 1.07. The molecule has 1 aliphatic carbocycles. The molecule has 0 heterocycles. The Morgan fingerprint density at radius 1 is 0.833 bits per heavy atom. The lowest BCUT2D eigenvalue weighted by Gasteiger charge is -1.93. The molecule has 0 saturated carbocycles. The predicted molar refractivity (Wildman–Crippen MR) is 53.8 cm³/mol. The molecule has 0 amide bonds. The van der Waals surface area contributed by atoms with E-state index in [1.807, 2.05) is 0 Å². The van der Waals surface area contributed by atoms with E-state index in [1.54, 1.807) is 0 Å². The van der Waals surface area contributed by atoms with Crippen LogP contribution in [-0.4, -0.2) is 0 Å². The van der Waals surface area contributed by atoms with Crippen LogP contribution < -0.4 is 0 Å². The van der Waals surface area contributed by atoms with Crippen LogP contribution in [0.4, 0.5) is 0 Å². The molecule has 0 bridgehead atoms. The molecule has 0 atom stereocenters. The van der Waals surface area contributed by atoms with Crippen molar-refractivity contribution in [2.45, 2.75) is 38.5 Å². The second-order valence-electron chi connectivity index (χ2n) is 3.09. The molecule has 0 fully saturated rings.